The summed E-state index contributed by atoms with van der Waals surface area (Å²) in [5, 5.41) is 0. The standard InChI is InChI=1S/C22H25N3/c1-16-3-5-19(6-4-16)22-20(17-7-11-23-12-8-17)15-21(24-22)18-9-13-25(2)14-10-18/h3-8,11-12,15,18,24H,9-10,13-14H2,1-2H3. The second kappa shape index (κ2) is 6.85. The van der Waals surface area contributed by atoms with Crippen LogP contribution in [0.1, 0.15) is 30.0 Å². The van der Waals surface area contributed by atoms with E-state index in [9.17, 15) is 0 Å². The Morgan fingerprint density at radius 1 is 0.960 bits per heavy atom. The highest BCUT2D eigenvalue weighted by molar-refractivity contribution is 5.82. The van der Waals surface area contributed by atoms with Crippen LogP contribution >= 0.6 is 0 Å². The molecule has 0 amide bonds. The van der Waals surface area contributed by atoms with E-state index in [1.807, 2.05) is 12.4 Å². The summed E-state index contributed by atoms with van der Waals surface area (Å²) >= 11 is 0. The van der Waals surface area contributed by atoms with Crippen molar-refractivity contribution in [1.82, 2.24) is 14.9 Å². The number of nitrogens with one attached hydrogen (secondary N) is 1. The molecule has 3 heterocycles. The molecule has 3 nitrogen and oxygen atoms in total. The number of aromatic nitrogens is 2. The van der Waals surface area contributed by atoms with Crippen LogP contribution < -0.4 is 0 Å². The van der Waals surface area contributed by atoms with Gasteiger partial charge >= 0.3 is 0 Å². The molecule has 3 heteroatoms. The number of benzene rings is 1. The minimum atomic E-state index is 0.621. The number of likely N-dealkylation sites (tertiary alicyclic amines) is 1. The van der Waals surface area contributed by atoms with E-state index in [4.69, 9.17) is 0 Å². The molecule has 1 aliphatic heterocycles. The first-order valence-corrected chi connectivity index (χ1v) is 9.09. The summed E-state index contributed by atoms with van der Waals surface area (Å²) < 4.78 is 0. The quantitative estimate of drug-likeness (QED) is 0.743. The first kappa shape index (κ1) is 16.1. The van der Waals surface area contributed by atoms with Gasteiger partial charge in [-0.1, -0.05) is 29.8 Å². The number of H-pyrrole nitrogens is 1. The zero-order chi connectivity index (χ0) is 17.2. The van der Waals surface area contributed by atoms with Gasteiger partial charge in [-0.15, -0.1) is 0 Å². The van der Waals surface area contributed by atoms with E-state index >= 15 is 0 Å². The van der Waals surface area contributed by atoms with Crippen LogP contribution in [0, 0.1) is 6.92 Å². The Kier molecular flexibility index (Phi) is 4.41. The summed E-state index contributed by atoms with van der Waals surface area (Å²) in [4.78, 5) is 10.4. The molecule has 0 bridgehead atoms. The largest absolute Gasteiger partial charge is 0.358 e. The zero-order valence-corrected chi connectivity index (χ0v) is 15.0. The van der Waals surface area contributed by atoms with Crippen molar-refractivity contribution in [2.24, 2.45) is 0 Å². The number of hydrogen-bond donors (Lipinski definition) is 1. The van der Waals surface area contributed by atoms with Crippen molar-refractivity contribution in [2.45, 2.75) is 25.7 Å². The number of aryl methyl sites for hydroxylation is 1. The predicted octanol–water partition coefficient (Wildman–Crippen LogP) is 4.86. The van der Waals surface area contributed by atoms with E-state index in [1.165, 1.54) is 59.6 Å². The smallest absolute Gasteiger partial charge is 0.0535 e. The third kappa shape index (κ3) is 3.38. The fourth-order valence-corrected chi connectivity index (χ4v) is 3.72. The lowest BCUT2D eigenvalue weighted by Gasteiger charge is -2.28. The Morgan fingerprint density at radius 2 is 1.64 bits per heavy atom. The number of nitrogens with zero attached hydrogens (tertiary/aromatic N) is 2. The summed E-state index contributed by atoms with van der Waals surface area (Å²) in [5.74, 6) is 0.621. The van der Waals surface area contributed by atoms with Crippen LogP contribution in [0.3, 0.4) is 0 Å². The molecule has 0 spiro atoms. The molecule has 0 atom stereocenters. The average Bonchev–Trinajstić information content (AvgIpc) is 3.09. The predicted molar refractivity (Wildman–Crippen MR) is 104 cm³/mol. The maximum absolute atomic E-state index is 4.17. The van der Waals surface area contributed by atoms with Gasteiger partial charge in [0.1, 0.15) is 0 Å². The van der Waals surface area contributed by atoms with Crippen LogP contribution in [0.25, 0.3) is 22.4 Å². The number of aromatic amines is 1. The molecular weight excluding hydrogens is 306 g/mol. The van der Waals surface area contributed by atoms with Gasteiger partial charge in [-0.2, -0.15) is 0 Å². The van der Waals surface area contributed by atoms with Gasteiger partial charge in [-0.05, 0) is 69.2 Å². The van der Waals surface area contributed by atoms with Crippen LogP contribution in [0.4, 0.5) is 0 Å². The van der Waals surface area contributed by atoms with Crippen LogP contribution in [0.15, 0.2) is 54.9 Å². The minimum absolute atomic E-state index is 0.621. The molecule has 0 unspecified atom stereocenters. The third-order valence-electron chi connectivity index (χ3n) is 5.33. The highest BCUT2D eigenvalue weighted by Gasteiger charge is 2.22. The normalized spacial score (nSPS) is 16.2. The molecule has 3 aromatic rings. The van der Waals surface area contributed by atoms with Gasteiger partial charge in [0.25, 0.3) is 0 Å². The topological polar surface area (TPSA) is 31.9 Å². The lowest BCUT2D eigenvalue weighted by atomic mass is 9.93. The molecule has 1 N–H and O–H groups in total. The SMILES string of the molecule is Cc1ccc(-c2[nH]c(C3CCN(C)CC3)cc2-c2ccncc2)cc1. The van der Waals surface area contributed by atoms with E-state index in [0.29, 0.717) is 5.92 Å². The summed E-state index contributed by atoms with van der Waals surface area (Å²) in [6, 6.07) is 15.3. The van der Waals surface area contributed by atoms with Crippen molar-refractivity contribution >= 4 is 0 Å². The average molecular weight is 331 g/mol. The molecule has 2 aromatic heterocycles. The summed E-state index contributed by atoms with van der Waals surface area (Å²) in [6.45, 7) is 4.48. The summed E-state index contributed by atoms with van der Waals surface area (Å²) in [6.07, 6.45) is 6.19. The fraction of sp³-hybridized carbons (Fsp3) is 0.318. The summed E-state index contributed by atoms with van der Waals surface area (Å²) in [5.41, 5.74) is 7.63. The Morgan fingerprint density at radius 3 is 2.32 bits per heavy atom. The Balaban J connectivity index is 1.77. The maximum Gasteiger partial charge on any atom is 0.0535 e. The molecule has 1 fully saturated rings. The van der Waals surface area contributed by atoms with Crippen molar-refractivity contribution < 1.29 is 0 Å². The van der Waals surface area contributed by atoms with Gasteiger partial charge in [0.2, 0.25) is 0 Å². The maximum atomic E-state index is 4.17. The number of rotatable bonds is 3. The first-order valence-electron chi connectivity index (χ1n) is 9.09. The highest BCUT2D eigenvalue weighted by atomic mass is 15.1. The third-order valence-corrected chi connectivity index (χ3v) is 5.33. The van der Waals surface area contributed by atoms with E-state index in [-0.39, 0.29) is 0 Å². The lowest BCUT2D eigenvalue weighted by Crippen LogP contribution is -2.29. The Labute approximate surface area is 149 Å². The van der Waals surface area contributed by atoms with Crippen LogP contribution in [-0.4, -0.2) is 35.0 Å². The molecule has 1 saturated heterocycles. The molecule has 0 saturated carbocycles. The van der Waals surface area contributed by atoms with Gasteiger partial charge in [0.05, 0.1) is 5.69 Å². The Bertz CT molecular complexity index is 825. The van der Waals surface area contributed by atoms with E-state index in [2.05, 4.69) is 71.3 Å². The van der Waals surface area contributed by atoms with Crippen molar-refractivity contribution in [3.8, 4) is 22.4 Å². The van der Waals surface area contributed by atoms with Crippen LogP contribution in [0.2, 0.25) is 0 Å². The van der Waals surface area contributed by atoms with Crippen molar-refractivity contribution in [2.75, 3.05) is 20.1 Å². The molecule has 1 aliphatic rings. The van der Waals surface area contributed by atoms with E-state index < -0.39 is 0 Å². The minimum Gasteiger partial charge on any atom is -0.358 e. The molecule has 0 aliphatic carbocycles. The molecule has 4 rings (SSSR count). The lowest BCUT2D eigenvalue weighted by molar-refractivity contribution is 0.253. The second-order valence-electron chi connectivity index (χ2n) is 7.19. The summed E-state index contributed by atoms with van der Waals surface area (Å²) in [7, 11) is 2.21. The fourth-order valence-electron chi connectivity index (χ4n) is 3.72. The van der Waals surface area contributed by atoms with E-state index in [0.717, 1.165) is 0 Å². The molecular formula is C22H25N3. The second-order valence-corrected chi connectivity index (χ2v) is 7.19. The molecule has 25 heavy (non-hydrogen) atoms. The zero-order valence-electron chi connectivity index (χ0n) is 15.0. The van der Waals surface area contributed by atoms with Crippen molar-refractivity contribution in [3.05, 3.63) is 66.1 Å². The van der Waals surface area contributed by atoms with Crippen molar-refractivity contribution in [3.63, 3.8) is 0 Å². The van der Waals surface area contributed by atoms with Gasteiger partial charge in [0.15, 0.2) is 0 Å². The van der Waals surface area contributed by atoms with Gasteiger partial charge in [-0.25, -0.2) is 0 Å². The van der Waals surface area contributed by atoms with Crippen LogP contribution in [-0.2, 0) is 0 Å². The molecule has 0 radical (unpaired) electrons. The molecule has 128 valence electrons. The van der Waals surface area contributed by atoms with E-state index in [1.54, 1.807) is 0 Å². The highest BCUT2D eigenvalue weighted by Crippen LogP contribution is 2.37. The number of piperidine rings is 1. The molecule has 1 aromatic carbocycles. The van der Waals surface area contributed by atoms with Gasteiger partial charge < -0.3 is 9.88 Å². The number of hydrogen-bond acceptors (Lipinski definition) is 2. The Hall–Kier alpha value is -2.39. The number of pyridine rings is 1. The first-order chi connectivity index (χ1) is 12.2. The van der Waals surface area contributed by atoms with Crippen LogP contribution in [0.5, 0.6) is 0 Å². The van der Waals surface area contributed by atoms with Gasteiger partial charge in [0, 0.05) is 29.6 Å². The van der Waals surface area contributed by atoms with Gasteiger partial charge in [-0.3, -0.25) is 4.98 Å². The van der Waals surface area contributed by atoms with Crippen molar-refractivity contribution in [1.29, 1.82) is 0 Å². The monoisotopic (exact) mass is 331 g/mol.